The highest BCUT2D eigenvalue weighted by Gasteiger charge is 2.47. The Morgan fingerprint density at radius 3 is 2.75 bits per heavy atom. The van der Waals surface area contributed by atoms with E-state index in [1.165, 1.54) is 12.1 Å². The highest BCUT2D eigenvalue weighted by molar-refractivity contribution is 5.68. The number of rotatable bonds is 1. The van der Waals surface area contributed by atoms with E-state index in [9.17, 15) is 14.0 Å². The first-order valence-corrected chi connectivity index (χ1v) is 8.29. The van der Waals surface area contributed by atoms with Gasteiger partial charge < -0.3 is 4.90 Å². The normalized spacial score (nSPS) is 21.9. The quantitative estimate of drug-likeness (QED) is 0.842. The van der Waals surface area contributed by atoms with E-state index in [4.69, 9.17) is 0 Å². The average Bonchev–Trinajstić information content (AvgIpc) is 2.98. The third-order valence-electron chi connectivity index (χ3n) is 5.36. The molecule has 0 bridgehead atoms. The average molecular weight is 330 g/mol. The van der Waals surface area contributed by atoms with Crippen molar-refractivity contribution < 1.29 is 4.39 Å². The summed E-state index contributed by atoms with van der Waals surface area (Å²) in [5.74, 6) is 0.0920. The molecule has 1 atom stereocenters. The third kappa shape index (κ3) is 2.18. The topological polar surface area (TPSA) is 81.8 Å². The molecule has 1 unspecified atom stereocenters. The van der Waals surface area contributed by atoms with Gasteiger partial charge in [0.2, 0.25) is 5.82 Å². The molecule has 0 amide bonds. The summed E-state index contributed by atoms with van der Waals surface area (Å²) >= 11 is 0. The van der Waals surface area contributed by atoms with Gasteiger partial charge in [0.25, 0.3) is 5.56 Å². The number of hydrogen-bond acceptors (Lipinski definition) is 4. The van der Waals surface area contributed by atoms with Crippen molar-refractivity contribution in [1.82, 2.24) is 15.2 Å². The lowest BCUT2D eigenvalue weighted by atomic mass is 9.77. The SMILES string of the molecule is CC1CC2(CCCC2)N(c2n[nH]c(=O)[nH]c2=O)c2ccc(F)cc21. The number of benzene rings is 1. The molecule has 24 heavy (non-hydrogen) atoms. The molecule has 1 fully saturated rings. The van der Waals surface area contributed by atoms with Gasteiger partial charge in [-0.05, 0) is 48.9 Å². The number of fused-ring (bicyclic) bond motifs is 1. The van der Waals surface area contributed by atoms with Crippen LogP contribution in [-0.4, -0.2) is 20.7 Å². The van der Waals surface area contributed by atoms with Crippen molar-refractivity contribution >= 4 is 11.5 Å². The van der Waals surface area contributed by atoms with E-state index in [1.54, 1.807) is 6.07 Å². The number of halogens is 1. The standard InChI is InChI=1S/C17H19FN4O2/c1-10-9-17(6-2-3-7-17)22(13-5-4-11(18)8-12(10)13)14-15(23)19-16(24)21-20-14/h4-5,8,10H,2-3,6-7,9H2,1H3,(H2,19,21,23,24). The molecule has 126 valence electrons. The van der Waals surface area contributed by atoms with Crippen LogP contribution in [0.15, 0.2) is 27.8 Å². The second-order valence-corrected chi connectivity index (χ2v) is 6.91. The van der Waals surface area contributed by atoms with Crippen LogP contribution in [0, 0.1) is 5.82 Å². The third-order valence-corrected chi connectivity index (χ3v) is 5.36. The van der Waals surface area contributed by atoms with Crippen LogP contribution in [0.25, 0.3) is 0 Å². The zero-order valence-corrected chi connectivity index (χ0v) is 13.4. The number of aromatic nitrogens is 3. The maximum absolute atomic E-state index is 13.7. The van der Waals surface area contributed by atoms with Crippen LogP contribution in [0.1, 0.15) is 50.5 Å². The molecule has 7 heteroatoms. The number of aromatic amines is 2. The molecule has 0 radical (unpaired) electrons. The predicted octanol–water partition coefficient (Wildman–Crippen LogP) is 2.56. The summed E-state index contributed by atoms with van der Waals surface area (Å²) in [4.78, 5) is 27.9. The Morgan fingerprint density at radius 2 is 2.04 bits per heavy atom. The molecular weight excluding hydrogens is 311 g/mol. The summed E-state index contributed by atoms with van der Waals surface area (Å²) in [6.07, 6.45) is 4.91. The first-order chi connectivity index (χ1) is 11.5. The zero-order valence-electron chi connectivity index (χ0n) is 13.4. The minimum atomic E-state index is -0.631. The molecule has 1 aliphatic carbocycles. The van der Waals surface area contributed by atoms with Gasteiger partial charge >= 0.3 is 5.69 Å². The van der Waals surface area contributed by atoms with Gasteiger partial charge in [-0.25, -0.2) is 14.3 Å². The summed E-state index contributed by atoms with van der Waals surface area (Å²) < 4.78 is 13.7. The van der Waals surface area contributed by atoms with Crippen LogP contribution in [0.2, 0.25) is 0 Å². The maximum atomic E-state index is 13.7. The molecule has 2 N–H and O–H groups in total. The van der Waals surface area contributed by atoms with Crippen LogP contribution in [0.5, 0.6) is 0 Å². The van der Waals surface area contributed by atoms with Gasteiger partial charge in [0, 0.05) is 11.2 Å². The molecule has 2 aliphatic rings. The zero-order chi connectivity index (χ0) is 16.9. The monoisotopic (exact) mass is 330 g/mol. The van der Waals surface area contributed by atoms with Gasteiger partial charge in [0.05, 0.1) is 0 Å². The van der Waals surface area contributed by atoms with Gasteiger partial charge in [0.15, 0.2) is 0 Å². The molecule has 6 nitrogen and oxygen atoms in total. The molecular formula is C17H19FN4O2. The van der Waals surface area contributed by atoms with Crippen LogP contribution in [0.4, 0.5) is 15.9 Å². The number of nitrogens with one attached hydrogen (secondary N) is 2. The molecule has 4 rings (SSSR count). The summed E-state index contributed by atoms with van der Waals surface area (Å²) in [5.41, 5.74) is 0.327. The van der Waals surface area contributed by atoms with Crippen LogP contribution in [0.3, 0.4) is 0 Å². The van der Waals surface area contributed by atoms with Gasteiger partial charge in [0.1, 0.15) is 5.82 Å². The van der Waals surface area contributed by atoms with Crippen LogP contribution in [-0.2, 0) is 0 Å². The molecule has 2 heterocycles. The van der Waals surface area contributed by atoms with Crippen molar-refractivity contribution in [1.29, 1.82) is 0 Å². The number of H-pyrrole nitrogens is 2. The summed E-state index contributed by atoms with van der Waals surface area (Å²) in [6, 6.07) is 4.66. The Morgan fingerprint density at radius 1 is 1.29 bits per heavy atom. The number of nitrogens with zero attached hydrogens (tertiary/aromatic N) is 2. The molecule has 2 aromatic rings. The Bertz CT molecular complexity index is 898. The minimum absolute atomic E-state index is 0.177. The first kappa shape index (κ1) is 15.1. The predicted molar refractivity (Wildman–Crippen MR) is 88.2 cm³/mol. The van der Waals surface area contributed by atoms with Crippen molar-refractivity contribution in [2.75, 3.05) is 4.90 Å². The van der Waals surface area contributed by atoms with Crippen molar-refractivity contribution in [3.05, 3.63) is 50.4 Å². The van der Waals surface area contributed by atoms with E-state index in [2.05, 4.69) is 22.1 Å². The van der Waals surface area contributed by atoms with Crippen molar-refractivity contribution in [2.45, 2.75) is 50.5 Å². The fraction of sp³-hybridized carbons (Fsp3) is 0.471. The smallest absolute Gasteiger partial charge is 0.314 e. The van der Waals surface area contributed by atoms with Crippen LogP contribution < -0.4 is 16.1 Å². The van der Waals surface area contributed by atoms with Crippen molar-refractivity contribution in [2.24, 2.45) is 0 Å². The van der Waals surface area contributed by atoms with E-state index >= 15 is 0 Å². The summed E-state index contributed by atoms with van der Waals surface area (Å²) in [5, 5.41) is 6.34. The van der Waals surface area contributed by atoms with Gasteiger partial charge in [-0.15, -0.1) is 5.10 Å². The summed E-state index contributed by atoms with van der Waals surface area (Å²) in [6.45, 7) is 2.10. The number of anilines is 2. The van der Waals surface area contributed by atoms with E-state index in [-0.39, 0.29) is 23.1 Å². The fourth-order valence-electron chi connectivity index (χ4n) is 4.44. The Kier molecular flexibility index (Phi) is 3.33. The minimum Gasteiger partial charge on any atom is -0.314 e. The molecule has 1 saturated carbocycles. The lowest BCUT2D eigenvalue weighted by Gasteiger charge is -2.48. The molecule has 1 aliphatic heterocycles. The highest BCUT2D eigenvalue weighted by atomic mass is 19.1. The molecule has 1 aromatic carbocycles. The second-order valence-electron chi connectivity index (χ2n) is 6.91. The Balaban J connectivity index is 1.97. The lowest BCUT2D eigenvalue weighted by molar-refractivity contribution is 0.349. The van der Waals surface area contributed by atoms with Gasteiger partial charge in [-0.3, -0.25) is 9.78 Å². The van der Waals surface area contributed by atoms with Gasteiger partial charge in [-0.2, -0.15) is 0 Å². The van der Waals surface area contributed by atoms with Gasteiger partial charge in [-0.1, -0.05) is 19.8 Å². The van der Waals surface area contributed by atoms with E-state index in [0.717, 1.165) is 43.4 Å². The van der Waals surface area contributed by atoms with E-state index < -0.39 is 11.2 Å². The number of hydrogen-bond donors (Lipinski definition) is 2. The fourth-order valence-corrected chi connectivity index (χ4v) is 4.44. The second kappa shape index (κ2) is 5.29. The summed E-state index contributed by atoms with van der Waals surface area (Å²) in [7, 11) is 0. The van der Waals surface area contributed by atoms with Crippen LogP contribution >= 0.6 is 0 Å². The lowest BCUT2D eigenvalue weighted by Crippen LogP contribution is -2.51. The van der Waals surface area contributed by atoms with Crippen molar-refractivity contribution in [3.8, 4) is 0 Å². The molecule has 1 aromatic heterocycles. The van der Waals surface area contributed by atoms with Crippen molar-refractivity contribution in [3.63, 3.8) is 0 Å². The highest BCUT2D eigenvalue weighted by Crippen LogP contribution is 2.52. The molecule has 0 saturated heterocycles. The maximum Gasteiger partial charge on any atom is 0.342 e. The molecule has 1 spiro atoms. The Labute approximate surface area is 137 Å². The largest absolute Gasteiger partial charge is 0.342 e. The Hall–Kier alpha value is -2.44. The first-order valence-electron chi connectivity index (χ1n) is 8.29. The van der Waals surface area contributed by atoms with E-state index in [0.29, 0.717) is 0 Å². The van der Waals surface area contributed by atoms with E-state index in [1.807, 2.05) is 4.90 Å².